The highest BCUT2D eigenvalue weighted by Gasteiger charge is 2.44. The first-order valence-electron chi connectivity index (χ1n) is 7.87. The molecule has 3 rings (SSSR count). The quantitative estimate of drug-likeness (QED) is 0.858. The lowest BCUT2D eigenvalue weighted by molar-refractivity contribution is 0.125. The molecule has 4 nitrogen and oxygen atoms in total. The molecule has 4 heteroatoms. The average molecular weight is 287 g/mol. The number of hydrogen-bond donors (Lipinski definition) is 2. The Morgan fingerprint density at radius 1 is 1.33 bits per heavy atom. The van der Waals surface area contributed by atoms with Crippen molar-refractivity contribution in [2.75, 3.05) is 13.2 Å². The fourth-order valence-electron chi connectivity index (χ4n) is 3.30. The van der Waals surface area contributed by atoms with Crippen LogP contribution in [0.1, 0.15) is 30.9 Å². The van der Waals surface area contributed by atoms with Crippen LogP contribution >= 0.6 is 0 Å². The predicted molar refractivity (Wildman–Crippen MR) is 85.4 cm³/mol. The van der Waals surface area contributed by atoms with E-state index in [-0.39, 0.29) is 12.1 Å². The van der Waals surface area contributed by atoms with Gasteiger partial charge in [-0.25, -0.2) is 4.98 Å². The molecule has 0 aliphatic heterocycles. The van der Waals surface area contributed by atoms with Gasteiger partial charge in [0, 0.05) is 6.54 Å². The molecule has 114 valence electrons. The van der Waals surface area contributed by atoms with E-state index in [1.165, 1.54) is 24.0 Å². The Labute approximate surface area is 126 Å². The summed E-state index contributed by atoms with van der Waals surface area (Å²) in [5.74, 6) is 0.575. The van der Waals surface area contributed by atoms with E-state index >= 15 is 0 Å². The normalized spacial score (nSPS) is 18.1. The van der Waals surface area contributed by atoms with Crippen LogP contribution in [0, 0.1) is 19.8 Å². The summed E-state index contributed by atoms with van der Waals surface area (Å²) < 4.78 is 2.19. The van der Waals surface area contributed by atoms with Gasteiger partial charge in [0.05, 0.1) is 29.5 Å². The van der Waals surface area contributed by atoms with Crippen molar-refractivity contribution in [3.8, 4) is 0 Å². The number of aromatic nitrogens is 2. The molecule has 21 heavy (non-hydrogen) atoms. The zero-order chi connectivity index (χ0) is 15.0. The second-order valence-corrected chi connectivity index (χ2v) is 6.42. The van der Waals surface area contributed by atoms with Crippen molar-refractivity contribution in [2.45, 2.75) is 45.7 Å². The van der Waals surface area contributed by atoms with Crippen LogP contribution in [0.4, 0.5) is 0 Å². The van der Waals surface area contributed by atoms with Crippen LogP contribution in [-0.4, -0.2) is 33.3 Å². The van der Waals surface area contributed by atoms with Crippen molar-refractivity contribution in [1.82, 2.24) is 14.9 Å². The summed E-state index contributed by atoms with van der Waals surface area (Å²) in [4.78, 5) is 4.53. The number of likely N-dealkylation sites (N-methyl/N-ethyl adjacent to an activating group) is 1. The summed E-state index contributed by atoms with van der Waals surface area (Å²) in [6, 6.07) is 4.35. The van der Waals surface area contributed by atoms with Crippen molar-refractivity contribution in [2.24, 2.45) is 5.92 Å². The minimum atomic E-state index is -0.207. The van der Waals surface area contributed by atoms with Gasteiger partial charge in [-0.15, -0.1) is 0 Å². The van der Waals surface area contributed by atoms with Crippen LogP contribution in [0.5, 0.6) is 0 Å². The molecule has 2 N–H and O–H groups in total. The number of hydrogen-bond acceptors (Lipinski definition) is 3. The predicted octanol–water partition coefficient (Wildman–Crippen LogP) is 2.40. The second-order valence-electron chi connectivity index (χ2n) is 6.42. The summed E-state index contributed by atoms with van der Waals surface area (Å²) in [5.41, 5.74) is 4.55. The van der Waals surface area contributed by atoms with Crippen molar-refractivity contribution in [3.63, 3.8) is 0 Å². The van der Waals surface area contributed by atoms with Crippen LogP contribution < -0.4 is 5.32 Å². The Morgan fingerprint density at radius 3 is 2.67 bits per heavy atom. The molecule has 1 unspecified atom stereocenters. The molecule has 2 aromatic rings. The van der Waals surface area contributed by atoms with E-state index in [1.54, 1.807) is 0 Å². The van der Waals surface area contributed by atoms with Gasteiger partial charge in [0.2, 0.25) is 0 Å². The Hall–Kier alpha value is -1.39. The van der Waals surface area contributed by atoms with Crippen molar-refractivity contribution in [1.29, 1.82) is 0 Å². The highest BCUT2D eigenvalue weighted by molar-refractivity contribution is 5.77. The Morgan fingerprint density at radius 2 is 2.05 bits per heavy atom. The van der Waals surface area contributed by atoms with Crippen LogP contribution in [0.15, 0.2) is 18.5 Å². The van der Waals surface area contributed by atoms with Gasteiger partial charge in [0.15, 0.2) is 0 Å². The third-order valence-corrected chi connectivity index (χ3v) is 4.86. The lowest BCUT2D eigenvalue weighted by Crippen LogP contribution is -2.53. The molecule has 0 saturated heterocycles. The maximum atomic E-state index is 9.99. The highest BCUT2D eigenvalue weighted by atomic mass is 16.3. The zero-order valence-corrected chi connectivity index (χ0v) is 13.2. The SMILES string of the molecule is CCNC(CO)(Cn1cnc2cc(C)c(C)cc21)C1CC1. The van der Waals surface area contributed by atoms with Gasteiger partial charge in [0.25, 0.3) is 0 Å². The second kappa shape index (κ2) is 5.43. The molecule has 0 amide bonds. The topological polar surface area (TPSA) is 50.1 Å². The molecule has 1 aromatic heterocycles. The van der Waals surface area contributed by atoms with Gasteiger partial charge >= 0.3 is 0 Å². The average Bonchev–Trinajstić information content (AvgIpc) is 3.25. The molecule has 1 atom stereocenters. The van der Waals surface area contributed by atoms with E-state index in [0.29, 0.717) is 5.92 Å². The molecule has 1 aliphatic rings. The molecule has 0 spiro atoms. The Kier molecular flexibility index (Phi) is 3.76. The third-order valence-electron chi connectivity index (χ3n) is 4.86. The van der Waals surface area contributed by atoms with Gasteiger partial charge < -0.3 is 15.0 Å². The summed E-state index contributed by atoms with van der Waals surface area (Å²) in [6.45, 7) is 8.19. The number of benzene rings is 1. The summed E-state index contributed by atoms with van der Waals surface area (Å²) in [6.07, 6.45) is 4.32. The number of fused-ring (bicyclic) bond motifs is 1. The maximum absolute atomic E-state index is 9.99. The zero-order valence-electron chi connectivity index (χ0n) is 13.2. The lowest BCUT2D eigenvalue weighted by atomic mass is 9.93. The molecule has 1 heterocycles. The fraction of sp³-hybridized carbons (Fsp3) is 0.588. The Bertz CT molecular complexity index is 645. The Balaban J connectivity index is 1.98. The largest absolute Gasteiger partial charge is 0.394 e. The molecular formula is C17H25N3O. The number of imidazole rings is 1. The van der Waals surface area contributed by atoms with Crippen molar-refractivity contribution >= 4 is 11.0 Å². The van der Waals surface area contributed by atoms with E-state index in [2.05, 4.69) is 47.8 Å². The number of aliphatic hydroxyl groups excluding tert-OH is 1. The molecule has 0 bridgehead atoms. The van der Waals surface area contributed by atoms with Gasteiger partial charge in [-0.1, -0.05) is 6.92 Å². The van der Waals surface area contributed by atoms with Crippen LogP contribution in [0.3, 0.4) is 0 Å². The minimum absolute atomic E-state index is 0.177. The number of aliphatic hydroxyl groups is 1. The first kappa shape index (κ1) is 14.5. The maximum Gasteiger partial charge on any atom is 0.0958 e. The van der Waals surface area contributed by atoms with E-state index in [4.69, 9.17) is 0 Å². The molecule has 0 radical (unpaired) electrons. The molecular weight excluding hydrogens is 262 g/mol. The van der Waals surface area contributed by atoms with Crippen LogP contribution in [0.2, 0.25) is 0 Å². The molecule has 1 fully saturated rings. The van der Waals surface area contributed by atoms with E-state index < -0.39 is 0 Å². The first-order valence-corrected chi connectivity index (χ1v) is 7.87. The van der Waals surface area contributed by atoms with Crippen LogP contribution in [-0.2, 0) is 6.54 Å². The highest BCUT2D eigenvalue weighted by Crippen LogP contribution is 2.41. The van der Waals surface area contributed by atoms with Crippen LogP contribution in [0.25, 0.3) is 11.0 Å². The smallest absolute Gasteiger partial charge is 0.0958 e. The number of rotatable bonds is 6. The third kappa shape index (κ3) is 2.58. The van der Waals surface area contributed by atoms with E-state index in [0.717, 1.165) is 24.1 Å². The molecule has 1 aliphatic carbocycles. The number of nitrogens with zero attached hydrogens (tertiary/aromatic N) is 2. The van der Waals surface area contributed by atoms with E-state index in [9.17, 15) is 5.11 Å². The standard InChI is InChI=1S/C17H25N3O/c1-4-19-17(10-21,14-5-6-14)9-20-11-18-15-7-12(2)13(3)8-16(15)20/h7-8,11,14,19,21H,4-6,9-10H2,1-3H3. The molecule has 1 saturated carbocycles. The van der Waals surface area contributed by atoms with Crippen molar-refractivity contribution in [3.05, 3.63) is 29.6 Å². The fourth-order valence-corrected chi connectivity index (χ4v) is 3.30. The van der Waals surface area contributed by atoms with E-state index in [1.807, 2.05) is 6.33 Å². The number of nitrogens with one attached hydrogen (secondary N) is 1. The summed E-state index contributed by atoms with van der Waals surface area (Å²) in [5, 5.41) is 13.5. The van der Waals surface area contributed by atoms with Gasteiger partial charge in [-0.2, -0.15) is 0 Å². The first-order chi connectivity index (χ1) is 10.1. The monoisotopic (exact) mass is 287 g/mol. The van der Waals surface area contributed by atoms with Gasteiger partial charge in [-0.05, 0) is 62.4 Å². The minimum Gasteiger partial charge on any atom is -0.394 e. The van der Waals surface area contributed by atoms with Gasteiger partial charge in [-0.3, -0.25) is 0 Å². The number of aryl methyl sites for hydroxylation is 2. The lowest BCUT2D eigenvalue weighted by Gasteiger charge is -2.33. The van der Waals surface area contributed by atoms with Gasteiger partial charge in [0.1, 0.15) is 0 Å². The van der Waals surface area contributed by atoms with Crippen molar-refractivity contribution < 1.29 is 5.11 Å². The summed E-state index contributed by atoms with van der Waals surface area (Å²) >= 11 is 0. The molecule has 1 aromatic carbocycles. The summed E-state index contributed by atoms with van der Waals surface area (Å²) in [7, 11) is 0.